The zero-order valence-electron chi connectivity index (χ0n) is 5.78. The van der Waals surface area contributed by atoms with Crippen LogP contribution in [0.3, 0.4) is 0 Å². The van der Waals surface area contributed by atoms with Crippen LogP contribution in [0.1, 0.15) is 0 Å². The van der Waals surface area contributed by atoms with Crippen molar-refractivity contribution >= 4 is 19.8 Å². The third-order valence-electron chi connectivity index (χ3n) is 1.54. The van der Waals surface area contributed by atoms with Crippen molar-refractivity contribution in [1.82, 2.24) is 4.81 Å². The molecule has 12 heavy (non-hydrogen) atoms. The molecule has 0 aliphatic carbocycles. The van der Waals surface area contributed by atoms with Gasteiger partial charge in [-0.25, -0.2) is 0 Å². The van der Waals surface area contributed by atoms with Crippen molar-refractivity contribution in [2.24, 2.45) is 0 Å². The summed E-state index contributed by atoms with van der Waals surface area (Å²) in [6.07, 6.45) is 0. The smallest absolute Gasteiger partial charge is 0.326 e. The van der Waals surface area contributed by atoms with Gasteiger partial charge in [-0.1, -0.05) is 0 Å². The van der Waals surface area contributed by atoms with E-state index in [1.807, 2.05) is 0 Å². The molecule has 3 nitrogen and oxygen atoms in total. The van der Waals surface area contributed by atoms with E-state index in [4.69, 9.17) is 0 Å². The Morgan fingerprint density at radius 3 is 1.33 bits per heavy atom. The van der Waals surface area contributed by atoms with E-state index in [9.17, 15) is 27.2 Å². The van der Waals surface area contributed by atoms with Gasteiger partial charge in [0.2, 0.25) is 7.98 Å². The van der Waals surface area contributed by atoms with Crippen LogP contribution in [0.4, 0.5) is 17.6 Å². The molecule has 0 aromatic carbocycles. The molecule has 1 aliphatic heterocycles. The van der Waals surface area contributed by atoms with E-state index < -0.39 is 23.7 Å². The Hall–Kier alpha value is -1.08. The maximum absolute atomic E-state index is 12.3. The first-order valence-corrected chi connectivity index (χ1v) is 2.81. The van der Waals surface area contributed by atoms with E-state index in [0.717, 1.165) is 0 Å². The first kappa shape index (κ1) is 9.02. The summed E-state index contributed by atoms with van der Waals surface area (Å²) in [5, 5.41) is 0. The minimum Gasteiger partial charge on any atom is -0.326 e. The molecule has 0 spiro atoms. The lowest BCUT2D eigenvalue weighted by Crippen LogP contribution is -2.43. The molecule has 1 heterocycles. The highest BCUT2D eigenvalue weighted by Gasteiger charge is 2.74. The number of hydrogen-bond donors (Lipinski definition) is 0. The Kier molecular flexibility index (Phi) is 1.50. The Morgan fingerprint density at radius 1 is 1.00 bits per heavy atom. The van der Waals surface area contributed by atoms with Gasteiger partial charge in [-0.2, -0.15) is 17.6 Å². The van der Waals surface area contributed by atoms with E-state index in [-0.39, 0.29) is 4.81 Å². The van der Waals surface area contributed by atoms with Crippen molar-refractivity contribution in [2.75, 3.05) is 0 Å². The number of amides is 2. The molecule has 0 radical (unpaired) electrons. The van der Waals surface area contributed by atoms with E-state index in [0.29, 0.717) is 7.98 Å². The lowest BCUT2D eigenvalue weighted by molar-refractivity contribution is -0.192. The zero-order valence-corrected chi connectivity index (χ0v) is 5.78. The van der Waals surface area contributed by atoms with Gasteiger partial charge in [0.1, 0.15) is 0 Å². The average molecular weight is 183 g/mol. The van der Waals surface area contributed by atoms with Gasteiger partial charge in [0.05, 0.1) is 0 Å². The van der Waals surface area contributed by atoms with Crippen LogP contribution in [0, 0.1) is 0 Å². The Labute approximate surface area is 64.7 Å². The molecule has 1 aliphatic rings. The van der Waals surface area contributed by atoms with Crippen LogP contribution in [0.2, 0.25) is 0 Å². The fourth-order valence-corrected chi connectivity index (χ4v) is 0.782. The first-order valence-electron chi connectivity index (χ1n) is 2.81. The summed E-state index contributed by atoms with van der Waals surface area (Å²) < 4.78 is 49.0. The van der Waals surface area contributed by atoms with Crippen LogP contribution in [-0.4, -0.2) is 36.5 Å². The van der Waals surface area contributed by atoms with E-state index >= 15 is 0 Å². The van der Waals surface area contributed by atoms with Gasteiger partial charge in [-0.15, -0.1) is 0 Å². The highest BCUT2D eigenvalue weighted by molar-refractivity contribution is 6.31. The summed E-state index contributed by atoms with van der Waals surface area (Å²) in [6, 6.07) is 0. The van der Waals surface area contributed by atoms with Crippen molar-refractivity contribution in [1.29, 1.82) is 0 Å². The van der Waals surface area contributed by atoms with Gasteiger partial charge in [0.25, 0.3) is 11.8 Å². The number of rotatable bonds is 0. The van der Waals surface area contributed by atoms with Crippen LogP contribution in [0.25, 0.3) is 0 Å². The number of carbonyl (C=O) groups is 2. The molecule has 0 bridgehead atoms. The Bertz CT molecular complexity index is 240. The predicted molar refractivity (Wildman–Crippen MR) is 30.3 cm³/mol. The molecule has 1 saturated heterocycles. The molecule has 1 fully saturated rings. The normalized spacial score (nSPS) is 26.5. The van der Waals surface area contributed by atoms with Crippen molar-refractivity contribution < 1.29 is 27.2 Å². The predicted octanol–water partition coefficient (Wildman–Crippen LogP) is -0.826. The van der Waals surface area contributed by atoms with Gasteiger partial charge in [0.15, 0.2) is 0 Å². The quantitative estimate of drug-likeness (QED) is 0.279. The highest BCUT2D eigenvalue weighted by atomic mass is 19.3. The maximum atomic E-state index is 12.3. The van der Waals surface area contributed by atoms with Crippen LogP contribution < -0.4 is 0 Å². The molecule has 0 saturated carbocycles. The van der Waals surface area contributed by atoms with Crippen LogP contribution in [0.15, 0.2) is 0 Å². The van der Waals surface area contributed by atoms with Crippen LogP contribution in [-0.2, 0) is 9.59 Å². The molecule has 0 atom stereocenters. The summed E-state index contributed by atoms with van der Waals surface area (Å²) in [4.78, 5) is 20.4. The zero-order chi connectivity index (χ0) is 9.73. The third-order valence-corrected chi connectivity index (χ3v) is 1.54. The van der Waals surface area contributed by atoms with Gasteiger partial charge >= 0.3 is 11.8 Å². The maximum Gasteiger partial charge on any atom is 0.395 e. The van der Waals surface area contributed by atoms with Crippen LogP contribution >= 0.6 is 0 Å². The molecule has 66 valence electrons. The van der Waals surface area contributed by atoms with Gasteiger partial charge in [0, 0.05) is 0 Å². The number of hydrogen-bond acceptors (Lipinski definition) is 2. The molecule has 0 N–H and O–H groups in total. The lowest BCUT2D eigenvalue weighted by atomic mass is 10.2. The second-order valence-corrected chi connectivity index (χ2v) is 2.32. The summed E-state index contributed by atoms with van der Waals surface area (Å²) in [7, 11) is 0.583. The SMILES string of the molecule is BN1C(=O)C(F)(F)C(F)(F)C1=O. The van der Waals surface area contributed by atoms with Gasteiger partial charge in [-0.05, 0) is 0 Å². The molecule has 0 aromatic heterocycles. The van der Waals surface area contributed by atoms with Crippen molar-refractivity contribution in [2.45, 2.75) is 11.8 Å². The van der Waals surface area contributed by atoms with E-state index in [2.05, 4.69) is 0 Å². The Morgan fingerprint density at radius 2 is 1.25 bits per heavy atom. The molecule has 2 amide bonds. The summed E-state index contributed by atoms with van der Waals surface area (Å²) >= 11 is 0. The largest absolute Gasteiger partial charge is 0.395 e. The molecule has 8 heteroatoms. The standard InChI is InChI=1S/C4H2BF4NO2/c5-10-1(11)3(6,7)4(8,9)2(10)12/h5H2. The minimum absolute atomic E-state index is 0.278. The van der Waals surface area contributed by atoms with E-state index in [1.54, 1.807) is 0 Å². The molecule has 0 aromatic rings. The van der Waals surface area contributed by atoms with Crippen molar-refractivity contribution in [3.8, 4) is 0 Å². The number of carbonyl (C=O) groups excluding carboxylic acids is 2. The minimum atomic E-state index is -4.90. The third kappa shape index (κ3) is 0.719. The summed E-state index contributed by atoms with van der Waals surface area (Å²) in [6.45, 7) is 0. The summed E-state index contributed by atoms with van der Waals surface area (Å²) in [5.74, 6) is -14.1. The topological polar surface area (TPSA) is 37.4 Å². The fourth-order valence-electron chi connectivity index (χ4n) is 0.782. The van der Waals surface area contributed by atoms with E-state index in [1.165, 1.54) is 0 Å². The summed E-state index contributed by atoms with van der Waals surface area (Å²) in [5.41, 5.74) is 0. The van der Waals surface area contributed by atoms with Crippen molar-refractivity contribution in [3.63, 3.8) is 0 Å². The highest BCUT2D eigenvalue weighted by Crippen LogP contribution is 2.41. The molecule has 0 unspecified atom stereocenters. The molecular formula is C4H2BF4NO2. The fraction of sp³-hybridized carbons (Fsp3) is 0.500. The first-order chi connectivity index (χ1) is 5.23. The van der Waals surface area contributed by atoms with Crippen molar-refractivity contribution in [3.05, 3.63) is 0 Å². The van der Waals surface area contributed by atoms with Gasteiger partial charge < -0.3 is 4.81 Å². The number of imide groups is 1. The number of halogens is 4. The molecule has 1 rings (SSSR count). The monoisotopic (exact) mass is 183 g/mol. The van der Waals surface area contributed by atoms with Gasteiger partial charge in [-0.3, -0.25) is 9.59 Å². The second kappa shape index (κ2) is 1.99. The average Bonchev–Trinajstić information content (AvgIpc) is 2.05. The Balaban J connectivity index is 3.24. The lowest BCUT2D eigenvalue weighted by Gasteiger charge is -2.11. The number of alkyl halides is 4. The molecular weight excluding hydrogens is 181 g/mol. The van der Waals surface area contributed by atoms with Crippen LogP contribution in [0.5, 0.6) is 0 Å². The second-order valence-electron chi connectivity index (χ2n) is 2.32. The number of nitrogens with zero attached hydrogens (tertiary/aromatic N) is 1.